The second kappa shape index (κ2) is 14.6. The highest BCUT2D eigenvalue weighted by molar-refractivity contribution is 5.69. The molecule has 2 fully saturated rings. The van der Waals surface area contributed by atoms with Crippen molar-refractivity contribution < 1.29 is 52.7 Å². The van der Waals surface area contributed by atoms with E-state index in [2.05, 4.69) is 19.9 Å². The first-order chi connectivity index (χ1) is 24.4. The highest BCUT2D eigenvalue weighted by atomic mass is 16.6. The molecule has 0 amide bonds. The molecule has 12 atom stereocenters. The van der Waals surface area contributed by atoms with Gasteiger partial charge in [-0.3, -0.25) is 19.2 Å². The topological polar surface area (TPSA) is 144 Å². The fourth-order valence-electron chi connectivity index (χ4n) is 11.1. The van der Waals surface area contributed by atoms with Crippen molar-refractivity contribution in [1.82, 2.24) is 0 Å². The standard InChI is InChI=1S/C41H56O11/c1-23(30-14-11-12-15-31(30)47-10)21-41(46)24(2)20-34(50-27(5)43)39(9)33(41)17-18-38(8)32-16-13-19-48-22-40(32,25(3)49-26(4)42)37(52-29(7)45)35(36(38)39)51-28(6)44/h11-16,20,23,25,32-37,46H,17-19,21-22H2,1-10H3/t23-,25-,32?,33?,34-,35+,36?,37+,38+,39-,40-,41+/m1/s1. The molecule has 2 saturated carbocycles. The minimum absolute atomic E-state index is 0.0457. The Hall–Kier alpha value is -3.70. The van der Waals surface area contributed by atoms with Crippen LogP contribution in [0.1, 0.15) is 93.1 Å². The number of benzene rings is 1. The third-order valence-corrected chi connectivity index (χ3v) is 13.0. The Balaban J connectivity index is 1.78. The number of ether oxygens (including phenoxy) is 6. The van der Waals surface area contributed by atoms with Gasteiger partial charge in [0.05, 0.1) is 31.3 Å². The molecule has 1 aromatic carbocycles. The number of allylic oxidation sites excluding steroid dienone is 1. The van der Waals surface area contributed by atoms with Crippen LogP contribution < -0.4 is 4.74 Å². The van der Waals surface area contributed by atoms with Crippen LogP contribution in [0.25, 0.3) is 0 Å². The Morgan fingerprint density at radius 3 is 2.23 bits per heavy atom. The van der Waals surface area contributed by atoms with E-state index in [1.165, 1.54) is 27.7 Å². The molecule has 5 rings (SSSR count). The zero-order valence-electron chi connectivity index (χ0n) is 32.2. The predicted octanol–water partition coefficient (Wildman–Crippen LogP) is 5.87. The van der Waals surface area contributed by atoms with Crippen LogP contribution in [0.2, 0.25) is 0 Å². The van der Waals surface area contributed by atoms with Gasteiger partial charge < -0.3 is 33.5 Å². The maximum Gasteiger partial charge on any atom is 0.303 e. The molecule has 52 heavy (non-hydrogen) atoms. The number of para-hydroxylation sites is 1. The molecule has 0 spiro atoms. The summed E-state index contributed by atoms with van der Waals surface area (Å²) in [4.78, 5) is 51.8. The number of fused-ring (bicyclic) bond motifs is 5. The highest BCUT2D eigenvalue weighted by Gasteiger charge is 2.76. The monoisotopic (exact) mass is 724 g/mol. The second-order valence-corrected chi connectivity index (χ2v) is 16.0. The molecule has 1 aliphatic heterocycles. The van der Waals surface area contributed by atoms with Crippen molar-refractivity contribution in [2.24, 2.45) is 34.0 Å². The van der Waals surface area contributed by atoms with E-state index < -0.39 is 87.9 Å². The van der Waals surface area contributed by atoms with Gasteiger partial charge in [0.1, 0.15) is 24.1 Å². The Morgan fingerprint density at radius 1 is 0.962 bits per heavy atom. The van der Waals surface area contributed by atoms with Crippen LogP contribution >= 0.6 is 0 Å². The fraction of sp³-hybridized carbons (Fsp3) is 0.659. The summed E-state index contributed by atoms with van der Waals surface area (Å²) < 4.78 is 36.6. The van der Waals surface area contributed by atoms with Gasteiger partial charge in [-0.15, -0.1) is 0 Å². The highest BCUT2D eigenvalue weighted by Crippen LogP contribution is 2.72. The number of esters is 4. The quantitative estimate of drug-likeness (QED) is 0.186. The number of carbonyl (C=O) groups excluding carboxylic acids is 4. The largest absolute Gasteiger partial charge is 0.496 e. The van der Waals surface area contributed by atoms with Gasteiger partial charge in [-0.1, -0.05) is 51.1 Å². The van der Waals surface area contributed by atoms with E-state index in [-0.39, 0.29) is 19.1 Å². The molecule has 0 aromatic heterocycles. The lowest BCUT2D eigenvalue weighted by atomic mass is 9.35. The fourth-order valence-corrected chi connectivity index (χ4v) is 11.1. The molecule has 3 aliphatic carbocycles. The average Bonchev–Trinajstić information content (AvgIpc) is 3.29. The van der Waals surface area contributed by atoms with E-state index in [4.69, 9.17) is 28.4 Å². The van der Waals surface area contributed by atoms with Crippen molar-refractivity contribution >= 4 is 23.9 Å². The molecule has 0 saturated heterocycles. The van der Waals surface area contributed by atoms with Gasteiger partial charge in [0.25, 0.3) is 0 Å². The summed E-state index contributed by atoms with van der Waals surface area (Å²) in [6.07, 6.45) is 3.34. The van der Waals surface area contributed by atoms with E-state index in [0.29, 0.717) is 24.8 Å². The lowest BCUT2D eigenvalue weighted by molar-refractivity contribution is -0.304. The third-order valence-electron chi connectivity index (χ3n) is 13.0. The molecule has 1 aromatic rings. The first kappa shape index (κ1) is 39.5. The maximum absolute atomic E-state index is 13.2. The predicted molar refractivity (Wildman–Crippen MR) is 191 cm³/mol. The normalized spacial score (nSPS) is 37.7. The molecular weight excluding hydrogens is 668 g/mol. The van der Waals surface area contributed by atoms with E-state index in [0.717, 1.165) is 11.3 Å². The van der Waals surface area contributed by atoms with Crippen molar-refractivity contribution in [1.29, 1.82) is 0 Å². The molecule has 4 aliphatic rings. The molecule has 1 N–H and O–H groups in total. The number of carbonyl (C=O) groups is 4. The number of hydrogen-bond donors (Lipinski definition) is 1. The Bertz CT molecular complexity index is 1620. The summed E-state index contributed by atoms with van der Waals surface area (Å²) in [5.74, 6) is -3.20. The molecule has 1 heterocycles. The SMILES string of the molecule is COc1ccccc1[C@H](C)C[C@]1(O)C(C)=C[C@@H](OC(C)=O)[C@]2(C)C3[C@H](OC(C)=O)[C@H](OC(C)=O)[C@@]4([C@@H](C)OC(C)=O)COCC=CC4[C@]3(C)CCC21. The molecule has 11 heteroatoms. The van der Waals surface area contributed by atoms with Crippen LogP contribution in [0.15, 0.2) is 48.1 Å². The average molecular weight is 725 g/mol. The third kappa shape index (κ3) is 6.46. The lowest BCUT2D eigenvalue weighted by Crippen LogP contribution is -2.76. The van der Waals surface area contributed by atoms with Crippen LogP contribution in [0, 0.1) is 34.0 Å². The first-order valence-electron chi connectivity index (χ1n) is 18.3. The lowest BCUT2D eigenvalue weighted by Gasteiger charge is -2.71. The number of hydrogen-bond acceptors (Lipinski definition) is 11. The molecule has 0 radical (unpaired) electrons. The van der Waals surface area contributed by atoms with Crippen LogP contribution in [0.3, 0.4) is 0 Å². The summed E-state index contributed by atoms with van der Waals surface area (Å²) in [6.45, 7) is 15.4. The zero-order chi connectivity index (χ0) is 38.4. The van der Waals surface area contributed by atoms with Crippen molar-refractivity contribution in [3.63, 3.8) is 0 Å². The summed E-state index contributed by atoms with van der Waals surface area (Å²) in [5.41, 5.74) is -2.73. The van der Waals surface area contributed by atoms with E-state index in [9.17, 15) is 24.3 Å². The summed E-state index contributed by atoms with van der Waals surface area (Å²) in [5, 5.41) is 13.2. The van der Waals surface area contributed by atoms with Gasteiger partial charge in [-0.2, -0.15) is 0 Å². The van der Waals surface area contributed by atoms with Gasteiger partial charge in [0.2, 0.25) is 0 Å². The van der Waals surface area contributed by atoms with Crippen molar-refractivity contribution in [2.75, 3.05) is 20.3 Å². The van der Waals surface area contributed by atoms with Gasteiger partial charge in [-0.25, -0.2) is 0 Å². The van der Waals surface area contributed by atoms with E-state index in [1.807, 2.05) is 50.3 Å². The minimum atomic E-state index is -1.38. The van der Waals surface area contributed by atoms with Gasteiger partial charge in [-0.05, 0) is 73.6 Å². The van der Waals surface area contributed by atoms with E-state index in [1.54, 1.807) is 14.0 Å². The number of aliphatic hydroxyl groups is 1. The summed E-state index contributed by atoms with van der Waals surface area (Å²) >= 11 is 0. The molecular formula is C41H56O11. The zero-order valence-corrected chi connectivity index (χ0v) is 32.2. The Kier molecular flexibility index (Phi) is 11.1. The van der Waals surface area contributed by atoms with Crippen molar-refractivity contribution in [3.05, 3.63) is 53.6 Å². The number of methoxy groups -OCH3 is 1. The Morgan fingerprint density at radius 2 is 1.62 bits per heavy atom. The minimum Gasteiger partial charge on any atom is -0.496 e. The smallest absolute Gasteiger partial charge is 0.303 e. The Labute approximate surface area is 307 Å². The second-order valence-electron chi connectivity index (χ2n) is 16.0. The van der Waals surface area contributed by atoms with Crippen LogP contribution in [0.4, 0.5) is 0 Å². The maximum atomic E-state index is 13.2. The van der Waals surface area contributed by atoms with Gasteiger partial charge >= 0.3 is 23.9 Å². The molecule has 3 unspecified atom stereocenters. The van der Waals surface area contributed by atoms with Crippen LogP contribution in [-0.2, 0) is 42.9 Å². The molecule has 0 bridgehead atoms. The molecule has 11 nitrogen and oxygen atoms in total. The van der Waals surface area contributed by atoms with Gasteiger partial charge in [0.15, 0.2) is 6.10 Å². The van der Waals surface area contributed by atoms with Gasteiger partial charge in [0, 0.05) is 44.9 Å². The van der Waals surface area contributed by atoms with Crippen molar-refractivity contribution in [3.8, 4) is 5.75 Å². The van der Waals surface area contributed by atoms with Crippen LogP contribution in [-0.4, -0.2) is 79.3 Å². The summed E-state index contributed by atoms with van der Waals surface area (Å²) in [6, 6.07) is 7.76. The number of rotatable bonds is 9. The summed E-state index contributed by atoms with van der Waals surface area (Å²) in [7, 11) is 1.63. The first-order valence-corrected chi connectivity index (χ1v) is 18.3. The van der Waals surface area contributed by atoms with E-state index >= 15 is 0 Å². The van der Waals surface area contributed by atoms with Crippen molar-refractivity contribution in [2.45, 2.75) is 118 Å². The van der Waals surface area contributed by atoms with Crippen LogP contribution in [0.5, 0.6) is 5.75 Å². The molecule has 286 valence electrons.